The van der Waals surface area contributed by atoms with Gasteiger partial charge in [-0.15, -0.1) is 0 Å². The van der Waals surface area contributed by atoms with E-state index in [1.807, 2.05) is 0 Å². The lowest BCUT2D eigenvalue weighted by molar-refractivity contribution is -0.122. The van der Waals surface area contributed by atoms with Crippen LogP contribution in [-0.2, 0) is 4.79 Å². The molecule has 0 aromatic carbocycles. The molecule has 0 radical (unpaired) electrons. The Hall–Kier alpha value is -0.610. The fourth-order valence-electron chi connectivity index (χ4n) is 3.42. The molecule has 2 fully saturated rings. The van der Waals surface area contributed by atoms with Crippen LogP contribution in [0.5, 0.6) is 0 Å². The lowest BCUT2D eigenvalue weighted by atomic mass is 9.93. The first kappa shape index (κ1) is 16.8. The Kier molecular flexibility index (Phi) is 6.97. The van der Waals surface area contributed by atoms with Crippen LogP contribution in [0.1, 0.15) is 45.4 Å². The minimum atomic E-state index is 0.261. The summed E-state index contributed by atoms with van der Waals surface area (Å²) in [5.74, 6) is 1.76. The Bertz CT molecular complexity index is 305. The molecule has 2 rings (SSSR count). The molecule has 0 saturated carbocycles. The second-order valence-corrected chi connectivity index (χ2v) is 7.18. The second-order valence-electron chi connectivity index (χ2n) is 7.18. The molecule has 0 unspecified atom stereocenters. The van der Waals surface area contributed by atoms with Gasteiger partial charge in [0, 0.05) is 13.0 Å². The Morgan fingerprint density at radius 3 is 2.43 bits per heavy atom. The minimum absolute atomic E-state index is 0.261. The van der Waals surface area contributed by atoms with Crippen molar-refractivity contribution in [2.24, 2.45) is 11.8 Å². The van der Waals surface area contributed by atoms with Crippen LogP contribution in [0.2, 0.25) is 0 Å². The zero-order valence-corrected chi connectivity index (χ0v) is 13.9. The SMILES string of the molecule is CC1CCN(CCCNC(=O)CC2CCN(C)CC2)CC1. The zero-order chi connectivity index (χ0) is 15.1. The van der Waals surface area contributed by atoms with Crippen LogP contribution in [0.3, 0.4) is 0 Å². The van der Waals surface area contributed by atoms with Gasteiger partial charge in [-0.2, -0.15) is 0 Å². The molecule has 2 aliphatic heterocycles. The molecule has 0 aromatic rings. The highest BCUT2D eigenvalue weighted by molar-refractivity contribution is 5.76. The van der Waals surface area contributed by atoms with Crippen molar-refractivity contribution < 1.29 is 4.79 Å². The summed E-state index contributed by atoms with van der Waals surface area (Å²) in [5, 5.41) is 3.11. The molecule has 0 bridgehead atoms. The molecule has 2 heterocycles. The number of likely N-dealkylation sites (tertiary alicyclic amines) is 2. The highest BCUT2D eigenvalue weighted by atomic mass is 16.1. The monoisotopic (exact) mass is 295 g/mol. The Labute approximate surface area is 130 Å². The maximum absolute atomic E-state index is 11.9. The standard InChI is InChI=1S/C17H33N3O/c1-15-4-12-20(13-5-15)9-3-8-18-17(21)14-16-6-10-19(2)11-7-16/h15-16H,3-14H2,1-2H3,(H,18,21). The van der Waals surface area contributed by atoms with Crippen molar-refractivity contribution in [1.29, 1.82) is 0 Å². The lowest BCUT2D eigenvalue weighted by Gasteiger charge is -2.30. The summed E-state index contributed by atoms with van der Waals surface area (Å²) in [4.78, 5) is 16.8. The molecule has 122 valence electrons. The predicted molar refractivity (Wildman–Crippen MR) is 87.3 cm³/mol. The Morgan fingerprint density at radius 1 is 1.10 bits per heavy atom. The van der Waals surface area contributed by atoms with E-state index in [0.29, 0.717) is 5.92 Å². The number of nitrogens with one attached hydrogen (secondary N) is 1. The first-order valence-corrected chi connectivity index (χ1v) is 8.81. The number of carbonyl (C=O) groups excluding carboxylic acids is 1. The van der Waals surface area contributed by atoms with Crippen LogP contribution in [0, 0.1) is 11.8 Å². The van der Waals surface area contributed by atoms with Gasteiger partial charge < -0.3 is 15.1 Å². The van der Waals surface area contributed by atoms with E-state index in [2.05, 4.69) is 29.1 Å². The normalized spacial score (nSPS) is 23.3. The van der Waals surface area contributed by atoms with Gasteiger partial charge in [-0.3, -0.25) is 4.79 Å². The molecule has 0 spiro atoms. The molecule has 0 aliphatic carbocycles. The van der Waals surface area contributed by atoms with Gasteiger partial charge in [0.25, 0.3) is 0 Å². The molecule has 21 heavy (non-hydrogen) atoms. The number of nitrogens with zero attached hydrogens (tertiary/aromatic N) is 2. The number of piperidine rings is 2. The Balaban J connectivity index is 1.49. The molecule has 1 amide bonds. The van der Waals surface area contributed by atoms with Gasteiger partial charge in [0.15, 0.2) is 0 Å². The average molecular weight is 295 g/mol. The Morgan fingerprint density at radius 2 is 1.76 bits per heavy atom. The third-order valence-electron chi connectivity index (χ3n) is 5.16. The van der Waals surface area contributed by atoms with Gasteiger partial charge in [-0.05, 0) is 83.7 Å². The van der Waals surface area contributed by atoms with Crippen LogP contribution < -0.4 is 5.32 Å². The van der Waals surface area contributed by atoms with Crippen molar-refractivity contribution in [3.8, 4) is 0 Å². The third-order valence-corrected chi connectivity index (χ3v) is 5.16. The fourth-order valence-corrected chi connectivity index (χ4v) is 3.42. The van der Waals surface area contributed by atoms with Crippen molar-refractivity contribution in [2.75, 3.05) is 46.3 Å². The maximum atomic E-state index is 11.9. The van der Waals surface area contributed by atoms with E-state index in [9.17, 15) is 4.79 Å². The van der Waals surface area contributed by atoms with Crippen molar-refractivity contribution in [2.45, 2.75) is 45.4 Å². The summed E-state index contributed by atoms with van der Waals surface area (Å²) in [6, 6.07) is 0. The van der Waals surface area contributed by atoms with Crippen molar-refractivity contribution in [3.63, 3.8) is 0 Å². The highest BCUT2D eigenvalue weighted by Crippen LogP contribution is 2.19. The molecule has 4 heteroatoms. The first-order valence-electron chi connectivity index (χ1n) is 8.81. The maximum Gasteiger partial charge on any atom is 0.220 e. The molecule has 2 saturated heterocycles. The summed E-state index contributed by atoms with van der Waals surface area (Å²) in [5.41, 5.74) is 0. The molecule has 2 aliphatic rings. The zero-order valence-electron chi connectivity index (χ0n) is 13.9. The largest absolute Gasteiger partial charge is 0.356 e. The topological polar surface area (TPSA) is 35.6 Å². The van der Waals surface area contributed by atoms with E-state index in [0.717, 1.165) is 44.9 Å². The molecular weight excluding hydrogens is 262 g/mol. The lowest BCUT2D eigenvalue weighted by Crippen LogP contribution is -2.36. The number of carbonyl (C=O) groups is 1. The van der Waals surface area contributed by atoms with Gasteiger partial charge in [0.1, 0.15) is 0 Å². The van der Waals surface area contributed by atoms with Gasteiger partial charge in [-0.25, -0.2) is 0 Å². The van der Waals surface area contributed by atoms with Gasteiger partial charge in [-0.1, -0.05) is 6.92 Å². The van der Waals surface area contributed by atoms with Crippen LogP contribution in [0.25, 0.3) is 0 Å². The van der Waals surface area contributed by atoms with Crippen LogP contribution in [-0.4, -0.2) is 62.0 Å². The molecule has 4 nitrogen and oxygen atoms in total. The number of hydrogen-bond acceptors (Lipinski definition) is 3. The van der Waals surface area contributed by atoms with E-state index in [1.165, 1.54) is 38.8 Å². The number of amides is 1. The second kappa shape index (κ2) is 8.74. The van der Waals surface area contributed by atoms with Crippen molar-refractivity contribution in [1.82, 2.24) is 15.1 Å². The summed E-state index contributed by atoms with van der Waals surface area (Å²) in [7, 11) is 2.16. The van der Waals surface area contributed by atoms with E-state index >= 15 is 0 Å². The molecular formula is C17H33N3O. The molecule has 1 N–H and O–H groups in total. The predicted octanol–water partition coefficient (Wildman–Crippen LogP) is 1.96. The third kappa shape index (κ3) is 6.35. The summed E-state index contributed by atoms with van der Waals surface area (Å²) in [6.07, 6.45) is 6.85. The van der Waals surface area contributed by atoms with E-state index in [1.54, 1.807) is 0 Å². The van der Waals surface area contributed by atoms with Crippen LogP contribution >= 0.6 is 0 Å². The first-order chi connectivity index (χ1) is 10.1. The van der Waals surface area contributed by atoms with E-state index in [4.69, 9.17) is 0 Å². The quantitative estimate of drug-likeness (QED) is 0.761. The van der Waals surface area contributed by atoms with E-state index in [-0.39, 0.29) is 5.91 Å². The van der Waals surface area contributed by atoms with Crippen molar-refractivity contribution in [3.05, 3.63) is 0 Å². The summed E-state index contributed by atoms with van der Waals surface area (Å²) >= 11 is 0. The summed E-state index contributed by atoms with van der Waals surface area (Å²) < 4.78 is 0. The van der Waals surface area contributed by atoms with Crippen LogP contribution in [0.4, 0.5) is 0 Å². The highest BCUT2D eigenvalue weighted by Gasteiger charge is 2.19. The van der Waals surface area contributed by atoms with Gasteiger partial charge in [0.2, 0.25) is 5.91 Å². The van der Waals surface area contributed by atoms with Crippen molar-refractivity contribution >= 4 is 5.91 Å². The number of hydrogen-bond donors (Lipinski definition) is 1. The average Bonchev–Trinajstić information content (AvgIpc) is 2.48. The van der Waals surface area contributed by atoms with Gasteiger partial charge in [0.05, 0.1) is 0 Å². The minimum Gasteiger partial charge on any atom is -0.356 e. The smallest absolute Gasteiger partial charge is 0.220 e. The van der Waals surface area contributed by atoms with Crippen LogP contribution in [0.15, 0.2) is 0 Å². The fraction of sp³-hybridized carbons (Fsp3) is 0.941. The molecule has 0 atom stereocenters. The van der Waals surface area contributed by atoms with Gasteiger partial charge >= 0.3 is 0 Å². The van der Waals surface area contributed by atoms with E-state index < -0.39 is 0 Å². The number of rotatable bonds is 6. The summed E-state index contributed by atoms with van der Waals surface area (Å²) in [6.45, 7) is 9.10. The molecule has 0 aromatic heterocycles.